The molecule has 0 aliphatic carbocycles. The normalized spacial score (nSPS) is 10.7. The van der Waals surface area contributed by atoms with E-state index in [9.17, 15) is 0 Å². The van der Waals surface area contributed by atoms with Gasteiger partial charge in [0.2, 0.25) is 0 Å². The third-order valence-corrected chi connectivity index (χ3v) is 2.90. The monoisotopic (exact) mass is 229 g/mol. The van der Waals surface area contributed by atoms with Gasteiger partial charge in [0.15, 0.2) is 0 Å². The van der Waals surface area contributed by atoms with E-state index in [1.54, 1.807) is 0 Å². The standard InChI is InChI=1S/C14H19N3/c1-2-11-3-5-12(6-4-11)9-14-16-10-13(17-14)7-8-15/h3-6,10H,2,7-9,15H2,1H3,(H,16,17). The lowest BCUT2D eigenvalue weighted by Gasteiger charge is -2.00. The Hall–Kier alpha value is -1.61. The molecule has 0 saturated carbocycles. The van der Waals surface area contributed by atoms with E-state index < -0.39 is 0 Å². The van der Waals surface area contributed by atoms with Crippen LogP contribution in [0.3, 0.4) is 0 Å². The van der Waals surface area contributed by atoms with Gasteiger partial charge in [0.25, 0.3) is 0 Å². The van der Waals surface area contributed by atoms with E-state index >= 15 is 0 Å². The lowest BCUT2D eigenvalue weighted by atomic mass is 10.1. The lowest BCUT2D eigenvalue weighted by Crippen LogP contribution is -2.02. The number of nitrogens with zero attached hydrogens (tertiary/aromatic N) is 1. The molecule has 0 aliphatic rings. The third kappa shape index (κ3) is 3.17. The Kier molecular flexibility index (Phi) is 3.94. The summed E-state index contributed by atoms with van der Waals surface area (Å²) in [7, 11) is 0. The Bertz CT molecular complexity index is 457. The molecule has 0 atom stereocenters. The first-order chi connectivity index (χ1) is 8.31. The van der Waals surface area contributed by atoms with Gasteiger partial charge >= 0.3 is 0 Å². The number of benzene rings is 1. The van der Waals surface area contributed by atoms with Gasteiger partial charge in [-0.15, -0.1) is 0 Å². The van der Waals surface area contributed by atoms with E-state index in [1.807, 2.05) is 6.20 Å². The fraction of sp³-hybridized carbons (Fsp3) is 0.357. The van der Waals surface area contributed by atoms with Gasteiger partial charge in [0.1, 0.15) is 5.82 Å². The summed E-state index contributed by atoms with van der Waals surface area (Å²) in [5, 5.41) is 0. The van der Waals surface area contributed by atoms with E-state index in [0.717, 1.165) is 30.8 Å². The maximum atomic E-state index is 5.51. The summed E-state index contributed by atoms with van der Waals surface area (Å²) in [4.78, 5) is 7.66. The van der Waals surface area contributed by atoms with Crippen molar-refractivity contribution in [1.29, 1.82) is 0 Å². The van der Waals surface area contributed by atoms with E-state index in [2.05, 4.69) is 41.2 Å². The zero-order valence-corrected chi connectivity index (χ0v) is 10.2. The fourth-order valence-electron chi connectivity index (χ4n) is 1.86. The topological polar surface area (TPSA) is 54.7 Å². The highest BCUT2D eigenvalue weighted by molar-refractivity contribution is 5.25. The quantitative estimate of drug-likeness (QED) is 0.824. The van der Waals surface area contributed by atoms with E-state index in [4.69, 9.17) is 5.73 Å². The number of nitrogens with one attached hydrogen (secondary N) is 1. The molecule has 3 N–H and O–H groups in total. The van der Waals surface area contributed by atoms with Crippen molar-refractivity contribution < 1.29 is 0 Å². The van der Waals surface area contributed by atoms with E-state index in [1.165, 1.54) is 11.1 Å². The first-order valence-corrected chi connectivity index (χ1v) is 6.12. The highest BCUT2D eigenvalue weighted by Gasteiger charge is 2.01. The molecule has 0 amide bonds. The molecule has 0 unspecified atom stereocenters. The van der Waals surface area contributed by atoms with Crippen LogP contribution in [0, 0.1) is 0 Å². The highest BCUT2D eigenvalue weighted by Crippen LogP contribution is 2.09. The minimum absolute atomic E-state index is 0.660. The van der Waals surface area contributed by atoms with E-state index in [0.29, 0.717) is 6.54 Å². The summed E-state index contributed by atoms with van der Waals surface area (Å²) >= 11 is 0. The molecule has 0 spiro atoms. The number of aromatic nitrogens is 2. The van der Waals surface area contributed by atoms with Gasteiger partial charge in [-0.05, 0) is 24.1 Å². The zero-order chi connectivity index (χ0) is 12.1. The van der Waals surface area contributed by atoms with Crippen molar-refractivity contribution in [2.24, 2.45) is 5.73 Å². The maximum absolute atomic E-state index is 5.51. The second kappa shape index (κ2) is 5.64. The predicted octanol–water partition coefficient (Wildman–Crippen LogP) is 2.06. The van der Waals surface area contributed by atoms with Crippen LogP contribution >= 0.6 is 0 Å². The first-order valence-electron chi connectivity index (χ1n) is 6.12. The van der Waals surface area contributed by atoms with Crippen molar-refractivity contribution in [1.82, 2.24) is 9.97 Å². The van der Waals surface area contributed by atoms with E-state index in [-0.39, 0.29) is 0 Å². The Labute approximate surface area is 102 Å². The second-order valence-corrected chi connectivity index (χ2v) is 4.24. The number of hydrogen-bond acceptors (Lipinski definition) is 2. The molecule has 0 bridgehead atoms. The molecule has 17 heavy (non-hydrogen) atoms. The number of rotatable bonds is 5. The Morgan fingerprint density at radius 2 is 1.88 bits per heavy atom. The van der Waals surface area contributed by atoms with Crippen molar-refractivity contribution in [3.63, 3.8) is 0 Å². The number of hydrogen-bond donors (Lipinski definition) is 2. The predicted molar refractivity (Wildman–Crippen MR) is 70.0 cm³/mol. The van der Waals surface area contributed by atoms with Gasteiger partial charge in [-0.25, -0.2) is 4.98 Å². The highest BCUT2D eigenvalue weighted by atomic mass is 14.9. The minimum Gasteiger partial charge on any atom is -0.346 e. The molecule has 3 heteroatoms. The molecule has 1 aromatic carbocycles. The number of imidazole rings is 1. The van der Waals surface area contributed by atoms with Crippen molar-refractivity contribution >= 4 is 0 Å². The summed E-state index contributed by atoms with van der Waals surface area (Å²) in [5.41, 5.74) is 9.28. The van der Waals surface area contributed by atoms with Crippen LogP contribution in [0.25, 0.3) is 0 Å². The number of aromatic amines is 1. The largest absolute Gasteiger partial charge is 0.346 e. The van der Waals surface area contributed by atoms with Crippen LogP contribution in [-0.2, 0) is 19.3 Å². The molecule has 0 fully saturated rings. The minimum atomic E-state index is 0.660. The molecule has 2 rings (SSSR count). The van der Waals surface area contributed by atoms with Crippen molar-refractivity contribution in [3.05, 3.63) is 53.1 Å². The van der Waals surface area contributed by atoms with Crippen LogP contribution in [-0.4, -0.2) is 16.5 Å². The summed E-state index contributed by atoms with van der Waals surface area (Å²) < 4.78 is 0. The third-order valence-electron chi connectivity index (χ3n) is 2.90. The van der Waals surface area contributed by atoms with Crippen LogP contribution in [0.15, 0.2) is 30.5 Å². The molecular formula is C14H19N3. The van der Waals surface area contributed by atoms with Crippen LogP contribution in [0.2, 0.25) is 0 Å². The van der Waals surface area contributed by atoms with Crippen molar-refractivity contribution in [2.75, 3.05) is 6.54 Å². The van der Waals surface area contributed by atoms with Crippen LogP contribution in [0.4, 0.5) is 0 Å². The molecule has 1 heterocycles. The Morgan fingerprint density at radius 1 is 1.18 bits per heavy atom. The van der Waals surface area contributed by atoms with Gasteiger partial charge in [-0.2, -0.15) is 0 Å². The summed E-state index contributed by atoms with van der Waals surface area (Å²) in [5.74, 6) is 1.01. The molecule has 3 nitrogen and oxygen atoms in total. The second-order valence-electron chi connectivity index (χ2n) is 4.24. The SMILES string of the molecule is CCc1ccc(Cc2ncc(CCN)[nH]2)cc1. The van der Waals surface area contributed by atoms with Crippen LogP contribution in [0.5, 0.6) is 0 Å². The Balaban J connectivity index is 2.03. The molecule has 90 valence electrons. The Morgan fingerprint density at radius 3 is 2.53 bits per heavy atom. The lowest BCUT2D eigenvalue weighted by molar-refractivity contribution is 0.919. The van der Waals surface area contributed by atoms with Gasteiger partial charge in [-0.1, -0.05) is 31.2 Å². The van der Waals surface area contributed by atoms with Crippen LogP contribution < -0.4 is 5.73 Å². The molecule has 0 saturated heterocycles. The molecule has 1 aromatic heterocycles. The zero-order valence-electron chi connectivity index (χ0n) is 10.2. The molecule has 0 radical (unpaired) electrons. The molecular weight excluding hydrogens is 210 g/mol. The smallest absolute Gasteiger partial charge is 0.110 e. The van der Waals surface area contributed by atoms with Gasteiger partial charge in [0.05, 0.1) is 0 Å². The van der Waals surface area contributed by atoms with Crippen molar-refractivity contribution in [2.45, 2.75) is 26.2 Å². The first kappa shape index (κ1) is 11.9. The summed E-state index contributed by atoms with van der Waals surface area (Å²) in [6.07, 6.45) is 4.68. The fourth-order valence-corrected chi connectivity index (χ4v) is 1.86. The van der Waals surface area contributed by atoms with Crippen molar-refractivity contribution in [3.8, 4) is 0 Å². The average molecular weight is 229 g/mol. The van der Waals surface area contributed by atoms with Gasteiger partial charge in [0, 0.05) is 24.7 Å². The molecule has 2 aromatic rings. The van der Waals surface area contributed by atoms with Gasteiger partial charge in [-0.3, -0.25) is 0 Å². The molecule has 0 aliphatic heterocycles. The number of aryl methyl sites for hydroxylation is 1. The number of H-pyrrole nitrogens is 1. The number of nitrogens with two attached hydrogens (primary N) is 1. The van der Waals surface area contributed by atoms with Crippen LogP contribution in [0.1, 0.15) is 29.6 Å². The average Bonchev–Trinajstić information content (AvgIpc) is 2.78. The maximum Gasteiger partial charge on any atom is 0.110 e. The van der Waals surface area contributed by atoms with Gasteiger partial charge < -0.3 is 10.7 Å². The summed E-state index contributed by atoms with van der Waals surface area (Å²) in [6, 6.07) is 8.70. The summed E-state index contributed by atoms with van der Waals surface area (Å²) in [6.45, 7) is 2.83.